The van der Waals surface area contributed by atoms with Crippen molar-refractivity contribution in [3.05, 3.63) is 36.2 Å². The molecule has 0 radical (unpaired) electrons. The number of rotatable bonds is 5. The van der Waals surface area contributed by atoms with E-state index in [1.165, 1.54) is 11.8 Å². The summed E-state index contributed by atoms with van der Waals surface area (Å²) >= 11 is 1.34. The van der Waals surface area contributed by atoms with E-state index in [2.05, 4.69) is 15.5 Å². The Kier molecular flexibility index (Phi) is 5.20. The predicted molar refractivity (Wildman–Crippen MR) is 90.6 cm³/mol. The maximum atomic E-state index is 12.2. The number of carbonyl (C=O) groups excluding carboxylic acids is 2. The Bertz CT molecular complexity index is 702. The molecule has 1 aromatic carbocycles. The van der Waals surface area contributed by atoms with Crippen LogP contribution in [0.4, 0.5) is 5.69 Å². The summed E-state index contributed by atoms with van der Waals surface area (Å²) in [6.45, 7) is 5.55. The fraction of sp³-hybridized carbons (Fsp3) is 0.375. The van der Waals surface area contributed by atoms with Gasteiger partial charge in [-0.05, 0) is 24.3 Å². The third-order valence-electron chi connectivity index (χ3n) is 3.15. The number of benzene rings is 1. The summed E-state index contributed by atoms with van der Waals surface area (Å²) < 4.78 is 1.77. The highest BCUT2D eigenvalue weighted by Crippen LogP contribution is 2.19. The largest absolute Gasteiger partial charge is 0.326 e. The number of aryl methyl sites for hydroxylation is 1. The zero-order valence-corrected chi connectivity index (χ0v) is 14.5. The maximum absolute atomic E-state index is 12.2. The lowest BCUT2D eigenvalue weighted by molar-refractivity contribution is -0.123. The summed E-state index contributed by atoms with van der Waals surface area (Å²) in [7, 11) is 1.83. The predicted octanol–water partition coefficient (Wildman–Crippen LogP) is 2.77. The minimum absolute atomic E-state index is 0.00620. The summed E-state index contributed by atoms with van der Waals surface area (Å²) in [5.41, 5.74) is 0.831. The highest BCUT2D eigenvalue weighted by atomic mass is 32.2. The number of aromatic nitrogens is 3. The standard InChI is InChI=1S/C16H20N4O2S/c1-16(2,3)14(22)18-12-7-5-11(6-8-12)13(21)9-23-15-19-17-10-20(15)4/h5-8,10H,9H2,1-4H3,(H,18,22). The minimum Gasteiger partial charge on any atom is -0.326 e. The molecule has 0 unspecified atom stereocenters. The maximum Gasteiger partial charge on any atom is 0.229 e. The summed E-state index contributed by atoms with van der Waals surface area (Å²) in [6.07, 6.45) is 1.60. The van der Waals surface area contributed by atoms with Crippen LogP contribution in [0.5, 0.6) is 0 Å². The first-order valence-corrected chi connectivity index (χ1v) is 8.17. The van der Waals surface area contributed by atoms with Crippen molar-refractivity contribution < 1.29 is 9.59 Å². The van der Waals surface area contributed by atoms with E-state index in [0.717, 1.165) is 0 Å². The Morgan fingerprint density at radius 2 is 1.87 bits per heavy atom. The molecule has 7 heteroatoms. The van der Waals surface area contributed by atoms with E-state index in [9.17, 15) is 9.59 Å². The fourth-order valence-electron chi connectivity index (χ4n) is 1.67. The van der Waals surface area contributed by atoms with Crippen molar-refractivity contribution in [2.24, 2.45) is 12.5 Å². The lowest BCUT2D eigenvalue weighted by atomic mass is 9.95. The Morgan fingerprint density at radius 3 is 2.39 bits per heavy atom. The molecule has 1 N–H and O–H groups in total. The SMILES string of the molecule is Cn1cnnc1SCC(=O)c1ccc(NC(=O)C(C)(C)C)cc1. The molecule has 2 rings (SSSR count). The first-order valence-electron chi connectivity index (χ1n) is 7.19. The molecular formula is C16H20N4O2S. The van der Waals surface area contributed by atoms with Crippen molar-refractivity contribution >= 4 is 29.1 Å². The third kappa shape index (κ3) is 4.66. The molecular weight excluding hydrogens is 312 g/mol. The summed E-state index contributed by atoms with van der Waals surface area (Å²) in [6, 6.07) is 6.92. The van der Waals surface area contributed by atoms with E-state index in [-0.39, 0.29) is 11.7 Å². The van der Waals surface area contributed by atoms with Crippen LogP contribution in [-0.4, -0.2) is 32.2 Å². The monoisotopic (exact) mass is 332 g/mol. The van der Waals surface area contributed by atoms with Gasteiger partial charge < -0.3 is 9.88 Å². The van der Waals surface area contributed by atoms with Crippen LogP contribution in [0, 0.1) is 5.41 Å². The van der Waals surface area contributed by atoms with Gasteiger partial charge in [-0.3, -0.25) is 9.59 Å². The number of hydrogen-bond donors (Lipinski definition) is 1. The highest BCUT2D eigenvalue weighted by molar-refractivity contribution is 7.99. The topological polar surface area (TPSA) is 76.9 Å². The number of nitrogens with one attached hydrogen (secondary N) is 1. The number of ketones is 1. The van der Waals surface area contributed by atoms with Gasteiger partial charge in [-0.2, -0.15) is 0 Å². The molecule has 1 heterocycles. The second-order valence-corrected chi connectivity index (χ2v) is 7.16. The van der Waals surface area contributed by atoms with E-state index in [1.807, 2.05) is 27.8 Å². The number of amides is 1. The lowest BCUT2D eigenvalue weighted by Crippen LogP contribution is -2.27. The Labute approximate surface area is 139 Å². The van der Waals surface area contributed by atoms with Crippen molar-refractivity contribution in [3.8, 4) is 0 Å². The number of hydrogen-bond acceptors (Lipinski definition) is 5. The highest BCUT2D eigenvalue weighted by Gasteiger charge is 2.21. The molecule has 0 bridgehead atoms. The van der Waals surface area contributed by atoms with E-state index < -0.39 is 5.41 Å². The molecule has 0 aliphatic carbocycles. The lowest BCUT2D eigenvalue weighted by Gasteiger charge is -2.17. The Balaban J connectivity index is 1.95. The van der Waals surface area contributed by atoms with Gasteiger partial charge in [0, 0.05) is 23.7 Å². The van der Waals surface area contributed by atoms with Crippen molar-refractivity contribution in [1.29, 1.82) is 0 Å². The van der Waals surface area contributed by atoms with Gasteiger partial charge in [0.2, 0.25) is 5.91 Å². The van der Waals surface area contributed by atoms with E-state index >= 15 is 0 Å². The molecule has 23 heavy (non-hydrogen) atoms. The van der Waals surface area contributed by atoms with Crippen molar-refractivity contribution in [1.82, 2.24) is 14.8 Å². The molecule has 1 amide bonds. The van der Waals surface area contributed by atoms with Gasteiger partial charge in [-0.15, -0.1) is 10.2 Å². The number of Topliss-reactive ketones (excluding diaryl/α,β-unsaturated/α-hetero) is 1. The molecule has 0 spiro atoms. The van der Waals surface area contributed by atoms with Gasteiger partial charge in [0.15, 0.2) is 10.9 Å². The molecule has 0 saturated heterocycles. The summed E-state index contributed by atoms with van der Waals surface area (Å²) in [5, 5.41) is 11.2. The van der Waals surface area contributed by atoms with Gasteiger partial charge in [0.25, 0.3) is 0 Å². The number of nitrogens with zero attached hydrogens (tertiary/aromatic N) is 3. The van der Waals surface area contributed by atoms with Gasteiger partial charge in [-0.25, -0.2) is 0 Å². The van der Waals surface area contributed by atoms with Crippen molar-refractivity contribution in [2.75, 3.05) is 11.1 Å². The van der Waals surface area contributed by atoms with Crippen LogP contribution in [0.2, 0.25) is 0 Å². The molecule has 0 aliphatic rings. The number of anilines is 1. The van der Waals surface area contributed by atoms with Crippen molar-refractivity contribution in [2.45, 2.75) is 25.9 Å². The number of thioether (sulfide) groups is 1. The average Bonchev–Trinajstić information content (AvgIpc) is 2.90. The molecule has 0 saturated carbocycles. The van der Waals surface area contributed by atoms with Crippen LogP contribution < -0.4 is 5.32 Å². The number of carbonyl (C=O) groups is 2. The zero-order chi connectivity index (χ0) is 17.0. The Morgan fingerprint density at radius 1 is 1.22 bits per heavy atom. The van der Waals surface area contributed by atoms with Crippen LogP contribution >= 0.6 is 11.8 Å². The van der Waals surface area contributed by atoms with E-state index in [0.29, 0.717) is 22.2 Å². The molecule has 0 aliphatic heterocycles. The second kappa shape index (κ2) is 6.95. The Hall–Kier alpha value is -2.15. The average molecular weight is 332 g/mol. The fourth-order valence-corrected chi connectivity index (χ4v) is 2.46. The molecule has 6 nitrogen and oxygen atoms in total. The zero-order valence-electron chi connectivity index (χ0n) is 13.7. The molecule has 0 atom stereocenters. The van der Waals surface area contributed by atoms with Crippen LogP contribution in [0.15, 0.2) is 35.7 Å². The van der Waals surface area contributed by atoms with Gasteiger partial charge in [-0.1, -0.05) is 32.5 Å². The van der Waals surface area contributed by atoms with Crippen LogP contribution in [-0.2, 0) is 11.8 Å². The van der Waals surface area contributed by atoms with E-state index in [4.69, 9.17) is 0 Å². The van der Waals surface area contributed by atoms with Crippen LogP contribution in [0.1, 0.15) is 31.1 Å². The first kappa shape index (κ1) is 17.2. The van der Waals surface area contributed by atoms with Gasteiger partial charge in [0.1, 0.15) is 6.33 Å². The normalized spacial score (nSPS) is 11.3. The second-order valence-electron chi connectivity index (χ2n) is 6.22. The van der Waals surface area contributed by atoms with Crippen LogP contribution in [0.25, 0.3) is 0 Å². The smallest absolute Gasteiger partial charge is 0.229 e. The van der Waals surface area contributed by atoms with Crippen LogP contribution in [0.3, 0.4) is 0 Å². The third-order valence-corrected chi connectivity index (χ3v) is 4.18. The van der Waals surface area contributed by atoms with Gasteiger partial charge >= 0.3 is 0 Å². The summed E-state index contributed by atoms with van der Waals surface area (Å²) in [5.74, 6) is 0.237. The summed E-state index contributed by atoms with van der Waals surface area (Å²) in [4.78, 5) is 24.1. The molecule has 122 valence electrons. The molecule has 0 fully saturated rings. The van der Waals surface area contributed by atoms with Gasteiger partial charge in [0.05, 0.1) is 5.75 Å². The van der Waals surface area contributed by atoms with E-state index in [1.54, 1.807) is 35.2 Å². The molecule has 1 aromatic heterocycles. The minimum atomic E-state index is -0.457. The quantitative estimate of drug-likeness (QED) is 0.673. The van der Waals surface area contributed by atoms with Crippen molar-refractivity contribution in [3.63, 3.8) is 0 Å². The first-order chi connectivity index (χ1) is 10.8. The molecule has 2 aromatic rings.